The lowest BCUT2D eigenvalue weighted by Crippen LogP contribution is -2.29. The number of anilines is 1. The standard InChI is InChI=1S/C22H14ClN3O4S/c1-2-8-29-14-5-3-4-12(9-14)18-17-19(27)15-10-13(23)6-7-16(15)30-20(17)21(28)26(18)22-25-24-11-31-22/h2-7,9-11,18H,1,8H2. The van der Waals surface area contributed by atoms with Crippen molar-refractivity contribution >= 4 is 44.9 Å². The van der Waals surface area contributed by atoms with Crippen LogP contribution in [0.25, 0.3) is 11.0 Å². The van der Waals surface area contributed by atoms with Gasteiger partial charge in [0.05, 0.1) is 17.0 Å². The molecule has 2 aromatic heterocycles. The number of aromatic nitrogens is 2. The molecular weight excluding hydrogens is 438 g/mol. The van der Waals surface area contributed by atoms with Crippen molar-refractivity contribution in [2.75, 3.05) is 11.5 Å². The Morgan fingerprint density at radius 2 is 2.13 bits per heavy atom. The van der Waals surface area contributed by atoms with Crippen molar-refractivity contribution in [2.45, 2.75) is 6.04 Å². The third-order valence-electron chi connectivity index (χ3n) is 4.93. The van der Waals surface area contributed by atoms with E-state index in [4.69, 9.17) is 20.8 Å². The third-order valence-corrected chi connectivity index (χ3v) is 5.85. The molecule has 1 atom stereocenters. The van der Waals surface area contributed by atoms with E-state index in [1.807, 2.05) is 6.07 Å². The zero-order valence-corrected chi connectivity index (χ0v) is 17.5. The summed E-state index contributed by atoms with van der Waals surface area (Å²) < 4.78 is 11.5. The van der Waals surface area contributed by atoms with Crippen molar-refractivity contribution in [1.82, 2.24) is 10.2 Å². The molecule has 31 heavy (non-hydrogen) atoms. The molecule has 0 bridgehead atoms. The Bertz CT molecular complexity index is 1380. The van der Waals surface area contributed by atoms with E-state index in [2.05, 4.69) is 16.8 Å². The zero-order valence-electron chi connectivity index (χ0n) is 15.9. The predicted octanol–water partition coefficient (Wildman–Crippen LogP) is 4.61. The van der Waals surface area contributed by atoms with Crippen molar-refractivity contribution in [1.29, 1.82) is 0 Å². The zero-order chi connectivity index (χ0) is 21.5. The molecular formula is C22H14ClN3O4S. The second-order valence-electron chi connectivity index (χ2n) is 6.79. The molecule has 4 aromatic rings. The van der Waals surface area contributed by atoms with Gasteiger partial charge in [0.2, 0.25) is 10.9 Å². The Hall–Kier alpha value is -3.49. The number of carbonyl (C=O) groups excluding carboxylic acids is 1. The molecule has 0 N–H and O–H groups in total. The number of fused-ring (bicyclic) bond motifs is 2. The smallest absolute Gasteiger partial charge is 0.297 e. The summed E-state index contributed by atoms with van der Waals surface area (Å²) in [5.74, 6) is 0.115. The molecule has 0 spiro atoms. The van der Waals surface area contributed by atoms with Gasteiger partial charge in [-0.05, 0) is 35.9 Å². The van der Waals surface area contributed by atoms with Gasteiger partial charge in [-0.3, -0.25) is 14.5 Å². The van der Waals surface area contributed by atoms with Crippen LogP contribution in [0.1, 0.15) is 27.7 Å². The molecule has 3 heterocycles. The average molecular weight is 452 g/mol. The van der Waals surface area contributed by atoms with Crippen LogP contribution in [-0.2, 0) is 0 Å². The number of halogens is 1. The van der Waals surface area contributed by atoms with Crippen molar-refractivity contribution in [3.63, 3.8) is 0 Å². The number of hydrogen-bond donors (Lipinski definition) is 0. The highest BCUT2D eigenvalue weighted by molar-refractivity contribution is 7.13. The number of hydrogen-bond acceptors (Lipinski definition) is 7. The summed E-state index contributed by atoms with van der Waals surface area (Å²) in [7, 11) is 0. The highest BCUT2D eigenvalue weighted by Gasteiger charge is 2.45. The van der Waals surface area contributed by atoms with E-state index in [-0.39, 0.29) is 16.8 Å². The lowest BCUT2D eigenvalue weighted by Gasteiger charge is -2.22. The van der Waals surface area contributed by atoms with Crippen molar-refractivity contribution in [3.8, 4) is 5.75 Å². The fraction of sp³-hybridized carbons (Fsp3) is 0.0909. The first-order valence-electron chi connectivity index (χ1n) is 9.28. The number of benzene rings is 2. The van der Waals surface area contributed by atoms with Crippen molar-refractivity contribution in [3.05, 3.63) is 92.8 Å². The van der Waals surface area contributed by atoms with Gasteiger partial charge in [-0.2, -0.15) is 0 Å². The first kappa shape index (κ1) is 19.5. The normalized spacial score (nSPS) is 15.3. The van der Waals surface area contributed by atoms with E-state index in [0.29, 0.717) is 39.0 Å². The number of rotatable bonds is 5. The fourth-order valence-electron chi connectivity index (χ4n) is 3.66. The molecule has 1 aliphatic heterocycles. The van der Waals surface area contributed by atoms with Crippen LogP contribution in [0.4, 0.5) is 5.13 Å². The molecule has 1 amide bonds. The molecule has 0 saturated carbocycles. The van der Waals surface area contributed by atoms with Gasteiger partial charge in [-0.15, -0.1) is 10.2 Å². The molecule has 0 aliphatic carbocycles. The predicted molar refractivity (Wildman–Crippen MR) is 118 cm³/mol. The molecule has 0 saturated heterocycles. The van der Waals surface area contributed by atoms with Crippen LogP contribution in [0.5, 0.6) is 5.75 Å². The monoisotopic (exact) mass is 451 g/mol. The lowest BCUT2D eigenvalue weighted by molar-refractivity contribution is 0.0970. The van der Waals surface area contributed by atoms with Gasteiger partial charge < -0.3 is 9.15 Å². The largest absolute Gasteiger partial charge is 0.490 e. The summed E-state index contributed by atoms with van der Waals surface area (Å²) in [5, 5.41) is 8.98. The Morgan fingerprint density at radius 3 is 2.90 bits per heavy atom. The van der Waals surface area contributed by atoms with Crippen LogP contribution in [0, 0.1) is 0 Å². The molecule has 0 radical (unpaired) electrons. The molecule has 2 aromatic carbocycles. The van der Waals surface area contributed by atoms with Gasteiger partial charge in [0.1, 0.15) is 23.4 Å². The first-order chi connectivity index (χ1) is 15.1. The van der Waals surface area contributed by atoms with E-state index in [1.165, 1.54) is 21.7 Å². The molecule has 154 valence electrons. The number of carbonyl (C=O) groups is 1. The summed E-state index contributed by atoms with van der Waals surface area (Å²) in [4.78, 5) is 28.3. The van der Waals surface area contributed by atoms with E-state index >= 15 is 0 Å². The highest BCUT2D eigenvalue weighted by atomic mass is 35.5. The molecule has 1 aliphatic rings. The minimum atomic E-state index is -0.748. The topological polar surface area (TPSA) is 85.5 Å². The summed E-state index contributed by atoms with van der Waals surface area (Å²) >= 11 is 7.30. The van der Waals surface area contributed by atoms with Gasteiger partial charge in [-0.1, -0.05) is 47.7 Å². The van der Waals surface area contributed by atoms with Crippen LogP contribution in [-0.4, -0.2) is 22.7 Å². The van der Waals surface area contributed by atoms with Gasteiger partial charge in [0.25, 0.3) is 5.91 Å². The van der Waals surface area contributed by atoms with Crippen LogP contribution in [0.15, 0.2) is 69.8 Å². The SMILES string of the molecule is C=CCOc1cccc(C2c3c(oc4ccc(Cl)cc4c3=O)C(=O)N2c2nncs2)c1. The third kappa shape index (κ3) is 3.20. The highest BCUT2D eigenvalue weighted by Crippen LogP contribution is 2.42. The fourth-order valence-corrected chi connectivity index (χ4v) is 4.42. The number of amides is 1. The quantitative estimate of drug-likeness (QED) is 0.412. The second kappa shape index (κ2) is 7.64. The summed E-state index contributed by atoms with van der Waals surface area (Å²) in [6.07, 6.45) is 1.64. The summed E-state index contributed by atoms with van der Waals surface area (Å²) in [6, 6.07) is 11.2. The molecule has 1 unspecified atom stereocenters. The van der Waals surface area contributed by atoms with E-state index in [9.17, 15) is 9.59 Å². The van der Waals surface area contributed by atoms with Gasteiger partial charge in [0, 0.05) is 5.02 Å². The minimum absolute atomic E-state index is 0.0163. The van der Waals surface area contributed by atoms with Crippen molar-refractivity contribution in [2.24, 2.45) is 0 Å². The van der Waals surface area contributed by atoms with Crippen LogP contribution in [0.2, 0.25) is 5.02 Å². The van der Waals surface area contributed by atoms with Gasteiger partial charge in [-0.25, -0.2) is 0 Å². The van der Waals surface area contributed by atoms with E-state index < -0.39 is 11.9 Å². The average Bonchev–Trinajstić information content (AvgIpc) is 3.40. The van der Waals surface area contributed by atoms with Crippen molar-refractivity contribution < 1.29 is 13.9 Å². The van der Waals surface area contributed by atoms with Crippen LogP contribution >= 0.6 is 22.9 Å². The van der Waals surface area contributed by atoms with Crippen LogP contribution < -0.4 is 15.1 Å². The Kier molecular flexibility index (Phi) is 4.80. The Balaban J connectivity index is 1.76. The maximum atomic E-state index is 13.5. The van der Waals surface area contributed by atoms with E-state index in [1.54, 1.807) is 42.5 Å². The summed E-state index contributed by atoms with van der Waals surface area (Å²) in [5.41, 5.74) is 2.41. The molecule has 5 rings (SSSR count). The minimum Gasteiger partial charge on any atom is -0.490 e. The first-order valence-corrected chi connectivity index (χ1v) is 10.5. The Morgan fingerprint density at radius 1 is 1.26 bits per heavy atom. The molecule has 9 heteroatoms. The van der Waals surface area contributed by atoms with Gasteiger partial charge in [0.15, 0.2) is 5.43 Å². The Labute approximate surface area is 185 Å². The number of ether oxygens (including phenoxy) is 1. The second-order valence-corrected chi connectivity index (χ2v) is 8.03. The van der Waals surface area contributed by atoms with Gasteiger partial charge >= 0.3 is 0 Å². The van der Waals surface area contributed by atoms with E-state index in [0.717, 1.165) is 0 Å². The summed E-state index contributed by atoms with van der Waals surface area (Å²) in [6.45, 7) is 3.98. The maximum absolute atomic E-state index is 13.5. The van der Waals surface area contributed by atoms with Crippen LogP contribution in [0.3, 0.4) is 0 Å². The lowest BCUT2D eigenvalue weighted by atomic mass is 9.98. The maximum Gasteiger partial charge on any atom is 0.297 e. The number of nitrogens with zero attached hydrogens (tertiary/aromatic N) is 3. The molecule has 0 fully saturated rings. The molecule has 7 nitrogen and oxygen atoms in total.